The Kier molecular flexibility index (Phi) is 4.49. The van der Waals surface area contributed by atoms with Gasteiger partial charge in [0.2, 0.25) is 0 Å². The summed E-state index contributed by atoms with van der Waals surface area (Å²) in [5, 5.41) is 0. The maximum absolute atomic E-state index is 12.3. The molecule has 100 valence electrons. The Morgan fingerprint density at radius 2 is 2.17 bits per heavy atom. The van der Waals surface area contributed by atoms with Crippen molar-refractivity contribution in [3.8, 4) is 0 Å². The predicted octanol–water partition coefficient (Wildman–Crippen LogP) is 3.62. The molecule has 0 aliphatic heterocycles. The van der Waals surface area contributed by atoms with E-state index in [0.29, 0.717) is 10.6 Å². The molecule has 0 saturated heterocycles. The van der Waals surface area contributed by atoms with Crippen molar-refractivity contribution < 1.29 is 9.21 Å². The van der Waals surface area contributed by atoms with Crippen LogP contribution in [0.4, 0.5) is 0 Å². The normalized spacial score (nSPS) is 23.9. The summed E-state index contributed by atoms with van der Waals surface area (Å²) in [7, 11) is 1.88. The zero-order valence-electron chi connectivity index (χ0n) is 11.0. The van der Waals surface area contributed by atoms with E-state index < -0.39 is 0 Å². The van der Waals surface area contributed by atoms with Crippen LogP contribution in [0, 0.1) is 0 Å². The van der Waals surface area contributed by atoms with Gasteiger partial charge < -0.3 is 9.32 Å². The number of aryl methyl sites for hydroxylation is 1. The minimum Gasteiger partial charge on any atom is -0.456 e. The highest BCUT2D eigenvalue weighted by Crippen LogP contribution is 2.28. The van der Waals surface area contributed by atoms with Crippen LogP contribution in [0.5, 0.6) is 0 Å². The van der Waals surface area contributed by atoms with Crippen LogP contribution in [-0.2, 0) is 6.42 Å². The van der Waals surface area contributed by atoms with Crippen LogP contribution in [0.25, 0.3) is 0 Å². The summed E-state index contributed by atoms with van der Waals surface area (Å²) in [5.41, 5.74) is 0. The van der Waals surface area contributed by atoms with Gasteiger partial charge in [-0.05, 0) is 25.0 Å². The first-order valence-corrected chi connectivity index (χ1v) is 7.55. The topological polar surface area (TPSA) is 33.5 Å². The second kappa shape index (κ2) is 5.91. The van der Waals surface area contributed by atoms with Crippen LogP contribution >= 0.6 is 15.9 Å². The van der Waals surface area contributed by atoms with Gasteiger partial charge in [-0.3, -0.25) is 4.79 Å². The van der Waals surface area contributed by atoms with E-state index in [0.717, 1.165) is 25.0 Å². The van der Waals surface area contributed by atoms with Crippen molar-refractivity contribution in [2.45, 2.75) is 49.9 Å². The first-order valence-electron chi connectivity index (χ1n) is 6.63. The Bertz CT molecular complexity index is 416. The molecule has 2 rings (SSSR count). The summed E-state index contributed by atoms with van der Waals surface area (Å²) in [4.78, 5) is 14.6. The molecule has 4 heteroatoms. The van der Waals surface area contributed by atoms with Crippen molar-refractivity contribution in [2.24, 2.45) is 0 Å². The van der Waals surface area contributed by atoms with E-state index in [1.165, 1.54) is 12.8 Å². The fraction of sp³-hybridized carbons (Fsp3) is 0.643. The van der Waals surface area contributed by atoms with Gasteiger partial charge in [-0.15, -0.1) is 0 Å². The monoisotopic (exact) mass is 313 g/mol. The van der Waals surface area contributed by atoms with E-state index in [9.17, 15) is 4.79 Å². The molecule has 0 N–H and O–H groups in total. The van der Waals surface area contributed by atoms with Crippen LogP contribution in [0.15, 0.2) is 16.5 Å². The highest BCUT2D eigenvalue weighted by atomic mass is 79.9. The molecular formula is C14H20BrNO2. The minimum absolute atomic E-state index is 0.00829. The molecule has 1 fully saturated rings. The van der Waals surface area contributed by atoms with E-state index in [1.54, 1.807) is 6.07 Å². The fourth-order valence-corrected chi connectivity index (χ4v) is 3.45. The molecule has 1 aliphatic rings. The zero-order valence-corrected chi connectivity index (χ0v) is 12.6. The lowest BCUT2D eigenvalue weighted by Crippen LogP contribution is -2.43. The Balaban J connectivity index is 2.07. The van der Waals surface area contributed by atoms with Gasteiger partial charge in [-0.1, -0.05) is 35.7 Å². The smallest absolute Gasteiger partial charge is 0.289 e. The number of alkyl halides is 1. The van der Waals surface area contributed by atoms with Gasteiger partial charge in [0.05, 0.1) is 0 Å². The number of nitrogens with zero attached hydrogens (tertiary/aromatic N) is 1. The number of hydrogen-bond donors (Lipinski definition) is 0. The Morgan fingerprint density at radius 3 is 2.78 bits per heavy atom. The van der Waals surface area contributed by atoms with Crippen molar-refractivity contribution in [1.29, 1.82) is 0 Å². The summed E-state index contributed by atoms with van der Waals surface area (Å²) in [5.74, 6) is 1.32. The van der Waals surface area contributed by atoms with Crippen molar-refractivity contribution in [3.05, 3.63) is 23.7 Å². The minimum atomic E-state index is -0.00829. The summed E-state index contributed by atoms with van der Waals surface area (Å²) in [6.07, 6.45) is 5.47. The second-order valence-corrected chi connectivity index (χ2v) is 6.08. The van der Waals surface area contributed by atoms with Crippen molar-refractivity contribution in [2.75, 3.05) is 7.05 Å². The maximum atomic E-state index is 12.3. The number of hydrogen-bond acceptors (Lipinski definition) is 2. The molecule has 1 aromatic heterocycles. The number of amides is 1. The third kappa shape index (κ3) is 2.79. The molecule has 1 heterocycles. The molecule has 2 unspecified atom stereocenters. The van der Waals surface area contributed by atoms with E-state index in [-0.39, 0.29) is 11.9 Å². The van der Waals surface area contributed by atoms with Gasteiger partial charge in [0.15, 0.2) is 5.76 Å². The van der Waals surface area contributed by atoms with Crippen LogP contribution in [0.3, 0.4) is 0 Å². The van der Waals surface area contributed by atoms with Gasteiger partial charge in [0.25, 0.3) is 5.91 Å². The molecule has 1 aromatic rings. The summed E-state index contributed by atoms with van der Waals surface area (Å²) < 4.78 is 5.54. The standard InChI is InChI=1S/C14H20BrNO2/c1-3-10-8-9-13(18-10)14(17)16(2)12-7-5-4-6-11(12)15/h8-9,11-12H,3-7H2,1-2H3. The van der Waals surface area contributed by atoms with Crippen molar-refractivity contribution >= 4 is 21.8 Å². The molecular weight excluding hydrogens is 294 g/mol. The van der Waals surface area contributed by atoms with Gasteiger partial charge in [-0.25, -0.2) is 0 Å². The molecule has 0 spiro atoms. The van der Waals surface area contributed by atoms with E-state index >= 15 is 0 Å². The molecule has 1 saturated carbocycles. The van der Waals surface area contributed by atoms with Crippen molar-refractivity contribution in [1.82, 2.24) is 4.90 Å². The molecule has 18 heavy (non-hydrogen) atoms. The molecule has 1 amide bonds. The number of carbonyl (C=O) groups excluding carboxylic acids is 1. The molecule has 0 radical (unpaired) electrons. The highest BCUT2D eigenvalue weighted by Gasteiger charge is 2.30. The van der Waals surface area contributed by atoms with E-state index in [1.807, 2.05) is 24.9 Å². The summed E-state index contributed by atoms with van der Waals surface area (Å²) in [6, 6.07) is 3.94. The Labute approximate surface area is 117 Å². The Hall–Kier alpha value is -0.770. The summed E-state index contributed by atoms with van der Waals surface area (Å²) >= 11 is 3.69. The van der Waals surface area contributed by atoms with Crippen LogP contribution in [-0.4, -0.2) is 28.7 Å². The average Bonchev–Trinajstić information content (AvgIpc) is 2.86. The average molecular weight is 314 g/mol. The van der Waals surface area contributed by atoms with E-state index in [2.05, 4.69) is 15.9 Å². The van der Waals surface area contributed by atoms with Gasteiger partial charge in [0.1, 0.15) is 5.76 Å². The number of carbonyl (C=O) groups is 1. The quantitative estimate of drug-likeness (QED) is 0.799. The third-order valence-electron chi connectivity index (χ3n) is 3.69. The van der Waals surface area contributed by atoms with Gasteiger partial charge >= 0.3 is 0 Å². The van der Waals surface area contributed by atoms with Gasteiger partial charge in [0, 0.05) is 24.3 Å². The first kappa shape index (κ1) is 13.7. The fourth-order valence-electron chi connectivity index (χ4n) is 2.51. The molecule has 3 nitrogen and oxygen atoms in total. The van der Waals surface area contributed by atoms with Crippen LogP contribution < -0.4 is 0 Å². The third-order valence-corrected chi connectivity index (χ3v) is 4.75. The lowest BCUT2D eigenvalue weighted by Gasteiger charge is -2.34. The largest absolute Gasteiger partial charge is 0.456 e. The number of furan rings is 1. The lowest BCUT2D eigenvalue weighted by atomic mass is 9.94. The number of rotatable bonds is 3. The van der Waals surface area contributed by atoms with Gasteiger partial charge in [-0.2, -0.15) is 0 Å². The molecule has 2 atom stereocenters. The zero-order chi connectivity index (χ0) is 13.1. The Morgan fingerprint density at radius 1 is 1.44 bits per heavy atom. The van der Waals surface area contributed by atoms with E-state index in [4.69, 9.17) is 4.42 Å². The van der Waals surface area contributed by atoms with Crippen molar-refractivity contribution in [3.63, 3.8) is 0 Å². The highest BCUT2D eigenvalue weighted by molar-refractivity contribution is 9.09. The SMILES string of the molecule is CCc1ccc(C(=O)N(C)C2CCCCC2Br)o1. The number of halogens is 1. The maximum Gasteiger partial charge on any atom is 0.289 e. The lowest BCUT2D eigenvalue weighted by molar-refractivity contribution is 0.0671. The molecule has 1 aliphatic carbocycles. The second-order valence-electron chi connectivity index (χ2n) is 4.90. The predicted molar refractivity (Wildman–Crippen MR) is 75.2 cm³/mol. The van der Waals surface area contributed by atoms with Crippen LogP contribution in [0.2, 0.25) is 0 Å². The van der Waals surface area contributed by atoms with Crippen LogP contribution in [0.1, 0.15) is 48.9 Å². The molecule has 0 bridgehead atoms. The first-order chi connectivity index (χ1) is 8.63. The summed E-state index contributed by atoms with van der Waals surface area (Å²) in [6.45, 7) is 2.02. The molecule has 0 aromatic carbocycles.